The molecule has 1 atom stereocenters. The van der Waals surface area contributed by atoms with Crippen molar-refractivity contribution < 1.29 is 4.79 Å². The van der Waals surface area contributed by atoms with Crippen LogP contribution in [0.3, 0.4) is 0 Å². The zero-order valence-corrected chi connectivity index (χ0v) is 16.4. The van der Waals surface area contributed by atoms with Crippen molar-refractivity contribution in [2.45, 2.75) is 38.8 Å². The van der Waals surface area contributed by atoms with Crippen LogP contribution in [0.25, 0.3) is 11.0 Å². The van der Waals surface area contributed by atoms with Gasteiger partial charge in [-0.3, -0.25) is 0 Å². The Morgan fingerprint density at radius 2 is 1.93 bits per heavy atom. The maximum atomic E-state index is 12.9. The lowest BCUT2D eigenvalue weighted by molar-refractivity contribution is 0.175. The molecule has 0 bridgehead atoms. The fourth-order valence-electron chi connectivity index (χ4n) is 3.64. The van der Waals surface area contributed by atoms with Gasteiger partial charge in [0.1, 0.15) is 0 Å². The Balaban J connectivity index is 1.32. The van der Waals surface area contributed by atoms with Crippen LogP contribution in [0.5, 0.6) is 0 Å². The van der Waals surface area contributed by atoms with Gasteiger partial charge >= 0.3 is 6.03 Å². The van der Waals surface area contributed by atoms with Crippen LogP contribution in [0.2, 0.25) is 0 Å². The molecule has 1 saturated carbocycles. The number of aromatic nitrogens is 2. The van der Waals surface area contributed by atoms with Gasteiger partial charge in [0, 0.05) is 19.6 Å². The molecule has 146 valence electrons. The van der Waals surface area contributed by atoms with Gasteiger partial charge in [-0.1, -0.05) is 42.5 Å². The van der Waals surface area contributed by atoms with Crippen molar-refractivity contribution in [3.8, 4) is 0 Å². The van der Waals surface area contributed by atoms with Crippen LogP contribution in [0.1, 0.15) is 37.8 Å². The molecule has 2 aromatic carbocycles. The minimum Gasteiger partial charge on any atom is -0.338 e. The molecular formula is C23H28N4O. The highest BCUT2D eigenvalue weighted by atomic mass is 16.2. The predicted molar refractivity (Wildman–Crippen MR) is 112 cm³/mol. The summed E-state index contributed by atoms with van der Waals surface area (Å²) in [5, 5.41) is 3.13. The molecule has 2 amide bonds. The second kappa shape index (κ2) is 8.46. The number of hydrogen-bond donors (Lipinski definition) is 1. The predicted octanol–water partition coefficient (Wildman–Crippen LogP) is 4.61. The Labute approximate surface area is 166 Å². The van der Waals surface area contributed by atoms with E-state index in [-0.39, 0.29) is 12.1 Å². The summed E-state index contributed by atoms with van der Waals surface area (Å²) >= 11 is 0. The van der Waals surface area contributed by atoms with Gasteiger partial charge in [0.25, 0.3) is 0 Å². The van der Waals surface area contributed by atoms with E-state index in [0.717, 1.165) is 30.5 Å². The summed E-state index contributed by atoms with van der Waals surface area (Å²) in [5.41, 5.74) is 3.34. The van der Waals surface area contributed by atoms with E-state index in [4.69, 9.17) is 0 Å². The van der Waals surface area contributed by atoms with E-state index < -0.39 is 0 Å². The van der Waals surface area contributed by atoms with Crippen LogP contribution in [-0.4, -0.2) is 33.6 Å². The average Bonchev–Trinajstić information content (AvgIpc) is 3.47. The average molecular weight is 377 g/mol. The molecule has 1 aliphatic rings. The lowest BCUT2D eigenvalue weighted by atomic mass is 10.1. The molecule has 0 aliphatic heterocycles. The standard InChI is InChI=1S/C23H28N4O/c1-18(20-8-3-2-4-9-20)27(16-19-12-13-19)23(28)24-14-7-15-26-17-25-21-10-5-6-11-22(21)26/h2-6,8-11,17-19H,7,12-16H2,1H3,(H,24,28). The molecule has 1 unspecified atom stereocenters. The summed E-state index contributed by atoms with van der Waals surface area (Å²) in [6, 6.07) is 18.5. The number of carbonyl (C=O) groups excluding carboxylic acids is 1. The van der Waals surface area contributed by atoms with Crippen LogP contribution in [0.4, 0.5) is 4.79 Å². The topological polar surface area (TPSA) is 50.2 Å². The minimum absolute atomic E-state index is 0.0405. The number of fused-ring (bicyclic) bond motifs is 1. The quantitative estimate of drug-likeness (QED) is 0.584. The number of rotatable bonds is 8. The number of nitrogens with zero attached hydrogens (tertiary/aromatic N) is 3. The maximum absolute atomic E-state index is 12.9. The highest BCUT2D eigenvalue weighted by Crippen LogP contribution is 2.32. The van der Waals surface area contributed by atoms with Crippen molar-refractivity contribution in [2.24, 2.45) is 5.92 Å². The number of imidazole rings is 1. The molecule has 5 nitrogen and oxygen atoms in total. The van der Waals surface area contributed by atoms with Gasteiger partial charge < -0.3 is 14.8 Å². The fraction of sp³-hybridized carbons (Fsp3) is 0.391. The van der Waals surface area contributed by atoms with Crippen molar-refractivity contribution in [2.75, 3.05) is 13.1 Å². The largest absolute Gasteiger partial charge is 0.338 e. The molecule has 0 radical (unpaired) electrons. The zero-order valence-electron chi connectivity index (χ0n) is 16.4. The van der Waals surface area contributed by atoms with E-state index in [1.54, 1.807) is 0 Å². The monoisotopic (exact) mass is 376 g/mol. The van der Waals surface area contributed by atoms with E-state index >= 15 is 0 Å². The number of carbonyl (C=O) groups is 1. The van der Waals surface area contributed by atoms with Gasteiger partial charge in [-0.05, 0) is 49.8 Å². The van der Waals surface area contributed by atoms with Crippen molar-refractivity contribution in [3.63, 3.8) is 0 Å². The number of benzene rings is 2. The number of urea groups is 1. The number of amides is 2. The van der Waals surface area contributed by atoms with E-state index in [2.05, 4.69) is 40.0 Å². The van der Waals surface area contributed by atoms with E-state index in [1.165, 1.54) is 18.4 Å². The van der Waals surface area contributed by atoms with Crippen molar-refractivity contribution in [1.29, 1.82) is 0 Å². The highest BCUT2D eigenvalue weighted by Gasteiger charge is 2.29. The summed E-state index contributed by atoms with van der Waals surface area (Å²) < 4.78 is 2.15. The Bertz CT molecular complexity index is 917. The van der Waals surface area contributed by atoms with Gasteiger partial charge in [-0.15, -0.1) is 0 Å². The van der Waals surface area contributed by atoms with E-state index in [9.17, 15) is 4.79 Å². The minimum atomic E-state index is 0.0405. The summed E-state index contributed by atoms with van der Waals surface area (Å²) in [6.45, 7) is 4.47. The lowest BCUT2D eigenvalue weighted by Crippen LogP contribution is -2.43. The molecule has 0 spiro atoms. The van der Waals surface area contributed by atoms with Crippen LogP contribution in [0.15, 0.2) is 60.9 Å². The van der Waals surface area contributed by atoms with Crippen LogP contribution >= 0.6 is 0 Å². The normalized spacial score (nSPS) is 14.8. The molecule has 5 heteroatoms. The van der Waals surface area contributed by atoms with E-state index in [1.807, 2.05) is 47.6 Å². The van der Waals surface area contributed by atoms with Gasteiger partial charge in [0.05, 0.1) is 23.4 Å². The molecule has 1 fully saturated rings. The number of hydrogen-bond acceptors (Lipinski definition) is 2. The molecule has 3 aromatic rings. The molecule has 1 aromatic heterocycles. The molecule has 4 rings (SSSR count). The zero-order chi connectivity index (χ0) is 19.3. The van der Waals surface area contributed by atoms with E-state index in [0.29, 0.717) is 12.5 Å². The Kier molecular flexibility index (Phi) is 5.60. The summed E-state index contributed by atoms with van der Waals surface area (Å²) in [6.07, 6.45) is 5.23. The summed E-state index contributed by atoms with van der Waals surface area (Å²) in [4.78, 5) is 19.3. The molecule has 1 N–H and O–H groups in total. The maximum Gasteiger partial charge on any atom is 0.317 e. The molecule has 28 heavy (non-hydrogen) atoms. The lowest BCUT2D eigenvalue weighted by Gasteiger charge is -2.30. The molecule has 1 aliphatic carbocycles. The second-order valence-electron chi connectivity index (χ2n) is 7.69. The molecule has 1 heterocycles. The van der Waals surface area contributed by atoms with Gasteiger partial charge in [0.15, 0.2) is 0 Å². The SMILES string of the molecule is CC(c1ccccc1)N(CC1CC1)C(=O)NCCCn1cnc2ccccc21. The van der Waals surface area contributed by atoms with Crippen molar-refractivity contribution >= 4 is 17.1 Å². The third-order valence-corrected chi connectivity index (χ3v) is 5.54. The smallest absolute Gasteiger partial charge is 0.317 e. The third-order valence-electron chi connectivity index (χ3n) is 5.54. The van der Waals surface area contributed by atoms with Crippen molar-refractivity contribution in [3.05, 3.63) is 66.5 Å². The van der Waals surface area contributed by atoms with Gasteiger partial charge in [-0.25, -0.2) is 9.78 Å². The number of para-hydroxylation sites is 2. The summed E-state index contributed by atoms with van der Waals surface area (Å²) in [5.74, 6) is 0.661. The van der Waals surface area contributed by atoms with Gasteiger partial charge in [-0.2, -0.15) is 0 Å². The first-order valence-corrected chi connectivity index (χ1v) is 10.2. The van der Waals surface area contributed by atoms with Crippen molar-refractivity contribution in [1.82, 2.24) is 19.8 Å². The van der Waals surface area contributed by atoms with Gasteiger partial charge in [0.2, 0.25) is 0 Å². The first-order chi connectivity index (χ1) is 13.7. The third kappa shape index (κ3) is 4.35. The Morgan fingerprint density at radius 3 is 2.71 bits per heavy atom. The fourth-order valence-corrected chi connectivity index (χ4v) is 3.64. The number of aryl methyl sites for hydroxylation is 1. The Hall–Kier alpha value is -2.82. The number of nitrogens with one attached hydrogen (secondary N) is 1. The molecular weight excluding hydrogens is 348 g/mol. The first-order valence-electron chi connectivity index (χ1n) is 10.2. The first kappa shape index (κ1) is 18.5. The Morgan fingerprint density at radius 1 is 1.18 bits per heavy atom. The highest BCUT2D eigenvalue weighted by molar-refractivity contribution is 5.75. The van der Waals surface area contributed by atoms with Crippen LogP contribution < -0.4 is 5.32 Å². The second-order valence-corrected chi connectivity index (χ2v) is 7.69. The van der Waals surface area contributed by atoms with Crippen LogP contribution in [-0.2, 0) is 6.54 Å². The molecule has 0 saturated heterocycles. The summed E-state index contributed by atoms with van der Waals surface area (Å²) in [7, 11) is 0. The van der Waals surface area contributed by atoms with Crippen LogP contribution in [0, 0.1) is 5.92 Å².